The first-order valence-corrected chi connectivity index (χ1v) is 44.1. The van der Waals surface area contributed by atoms with Crippen molar-refractivity contribution in [1.82, 2.24) is 0 Å². The number of nitrogens with two attached hydrogens (primary N) is 7. The van der Waals surface area contributed by atoms with Crippen molar-refractivity contribution in [2.45, 2.75) is 147 Å². The van der Waals surface area contributed by atoms with Crippen LogP contribution in [0, 0.1) is 29.1 Å². The van der Waals surface area contributed by atoms with Gasteiger partial charge in [-0.05, 0) is 160 Å². The van der Waals surface area contributed by atoms with Gasteiger partial charge in [0.1, 0.15) is 136 Å². The molecule has 10 aliphatic heterocycles. The minimum Gasteiger partial charge on any atom is -0.399 e. The Balaban J connectivity index is 0.000000136. The quantitative estimate of drug-likeness (QED) is 0.0742. The number of amidine groups is 5. The Morgan fingerprint density at radius 3 is 0.645 bits per heavy atom. The van der Waals surface area contributed by atoms with Crippen molar-refractivity contribution in [3.8, 4) is 0 Å². The van der Waals surface area contributed by atoms with Crippen molar-refractivity contribution < 1.29 is 87.7 Å². The number of ether oxygens (including phenoxy) is 5. The minimum absolute atomic E-state index is 0.0128. The molecule has 5 aromatic rings. The maximum atomic E-state index is 14.4. The molecule has 110 heavy (non-hydrogen) atoms. The molecule has 5 aromatic carbocycles. The number of rotatable bonds is 5. The van der Waals surface area contributed by atoms with Crippen molar-refractivity contribution in [2.75, 3.05) is 77.5 Å². The zero-order valence-corrected chi connectivity index (χ0v) is 69.9. The van der Waals surface area contributed by atoms with Gasteiger partial charge >= 0.3 is 0 Å². The van der Waals surface area contributed by atoms with Crippen LogP contribution in [0.5, 0.6) is 0 Å². The van der Waals surface area contributed by atoms with E-state index in [9.17, 15) is 64.0 Å². The van der Waals surface area contributed by atoms with E-state index in [4.69, 9.17) is 63.8 Å². The first-order chi connectivity index (χ1) is 50.6. The molecule has 10 atom stereocenters. The van der Waals surface area contributed by atoms with E-state index in [1.165, 1.54) is 124 Å². The molecule has 600 valence electrons. The van der Waals surface area contributed by atoms with Crippen LogP contribution in [0.1, 0.15) is 97.1 Å². The number of sulfone groups is 5. The summed E-state index contributed by atoms with van der Waals surface area (Å²) < 4.78 is 223. The molecule has 0 amide bonds. The van der Waals surface area contributed by atoms with Gasteiger partial charge in [0.05, 0.1) is 66.1 Å². The molecule has 0 radical (unpaired) electrons. The van der Waals surface area contributed by atoms with Crippen LogP contribution in [-0.4, -0.2) is 187 Å². The third-order valence-corrected chi connectivity index (χ3v) is 38.8. The van der Waals surface area contributed by atoms with Gasteiger partial charge in [0, 0.05) is 52.6 Å². The van der Waals surface area contributed by atoms with Gasteiger partial charge < -0.3 is 63.8 Å². The Bertz CT molecular complexity index is 4650. The van der Waals surface area contributed by atoms with E-state index in [0.717, 1.165) is 0 Å². The summed E-state index contributed by atoms with van der Waals surface area (Å²) in [5.74, 6) is -2.86. The standard InChI is InChI=1S/3C14H16BrFN2O3S.2C14H18FN3O3S/c3*1-13(2)12(17)18-14(7-21-6-11(14)22(13,19)20)9-5-8(15)3-4-10(9)16;2*1-13(2)12(17)18-14(7-21-6-11(14)22(13,19)20)9-5-8(16)3-4-10(9)15/h3*3-5,11H,6-7H2,1-2H3,(H2,17,18);2*3-5,11H,6-7,16H2,1-2H3,(H2,17,18)/t2*11-,14-;;2*11-,14-/m10.10/s1. The summed E-state index contributed by atoms with van der Waals surface area (Å²) in [6.45, 7) is 14.8. The third kappa shape index (κ3) is 12.8. The number of fused-ring (bicyclic) bond motifs is 5. The maximum Gasteiger partial charge on any atom is 0.170 e. The van der Waals surface area contributed by atoms with Crippen LogP contribution in [0.25, 0.3) is 0 Å². The molecule has 0 spiro atoms. The molecule has 5 saturated heterocycles. The average Bonchev–Trinajstić information content (AvgIpc) is 1.33. The lowest BCUT2D eigenvalue weighted by molar-refractivity contribution is 0.178. The average molecular weight is 1830 g/mol. The molecule has 0 aromatic heterocycles. The fourth-order valence-corrected chi connectivity index (χ4v) is 26.6. The summed E-state index contributed by atoms with van der Waals surface area (Å²) in [4.78, 5) is 22.1. The van der Waals surface area contributed by atoms with Gasteiger partial charge in [-0.3, -0.25) is 25.0 Å². The fraction of sp³-hybridized carbons (Fsp3) is 0.500. The molecule has 10 aliphatic rings. The van der Waals surface area contributed by atoms with Gasteiger partial charge in [0.2, 0.25) is 0 Å². The van der Waals surface area contributed by atoms with Gasteiger partial charge in [-0.2, -0.15) is 0 Å². The highest BCUT2D eigenvalue weighted by atomic mass is 79.9. The van der Waals surface area contributed by atoms with E-state index in [-0.39, 0.29) is 123 Å². The number of nitrogens with zero attached hydrogens (tertiary/aromatic N) is 5. The lowest BCUT2D eigenvalue weighted by Gasteiger charge is -2.41. The number of nitrogen functional groups attached to an aromatic ring is 2. The zero-order chi connectivity index (χ0) is 81.7. The molecule has 2 unspecified atom stereocenters. The SMILES string of the molecule is CC1(C)C(N)=NC2(c3cc(Br)ccc3F)COCC2S1(=O)=O.CC1(C)C(N)=N[C@@]2(c3cc(Br)ccc3F)COC[C@H]2S1(=O)=O.CC1(C)C(N)=N[C@@]2(c3cc(N)ccc3F)COC[C@H]2S1(=O)=O.CC1(C)C(N)=N[C@]2(c3cc(Br)ccc3F)COC[C@@H]2S1(=O)=O.CC1(C)C(N)=N[C@]2(c3cc(N)ccc3F)COC[C@@H]2S1(=O)=O. The van der Waals surface area contributed by atoms with Crippen molar-refractivity contribution >= 4 is 138 Å². The normalized spacial score (nSPS) is 32.3. The Morgan fingerprint density at radius 1 is 0.300 bits per heavy atom. The Hall–Kier alpha value is -6.31. The molecule has 0 saturated carbocycles. The van der Waals surface area contributed by atoms with Crippen LogP contribution in [0.4, 0.5) is 33.3 Å². The van der Waals surface area contributed by atoms with E-state index < -0.39 is 156 Å². The van der Waals surface area contributed by atoms with Gasteiger partial charge in [-0.1, -0.05) is 47.8 Å². The number of halogens is 8. The predicted molar refractivity (Wildman–Crippen MR) is 418 cm³/mol. The number of hydrogen-bond acceptors (Lipinski definition) is 27. The first kappa shape index (κ1) is 84.6. The predicted octanol–water partition coefficient (Wildman–Crippen LogP) is 6.37. The molecule has 15 rings (SSSR count). The number of aliphatic imine (C=N–C) groups is 5. The highest BCUT2D eigenvalue weighted by Crippen LogP contribution is 2.53. The van der Waals surface area contributed by atoms with Crippen LogP contribution in [0.15, 0.2) is 129 Å². The maximum absolute atomic E-state index is 14.4. The summed E-state index contributed by atoms with van der Waals surface area (Å²) in [6.07, 6.45) is 0. The zero-order valence-electron chi connectivity index (χ0n) is 61.1. The number of anilines is 2. The smallest absolute Gasteiger partial charge is 0.170 e. The summed E-state index contributed by atoms with van der Waals surface area (Å²) in [7, 11) is -18.5. The van der Waals surface area contributed by atoms with Crippen LogP contribution in [-0.2, 0) is 101 Å². The van der Waals surface area contributed by atoms with E-state index in [0.29, 0.717) is 24.8 Å². The van der Waals surface area contributed by atoms with Gasteiger partial charge in [0.25, 0.3) is 0 Å². The van der Waals surface area contributed by atoms with Crippen LogP contribution >= 0.6 is 47.8 Å². The lowest BCUT2D eigenvalue weighted by Crippen LogP contribution is -2.60. The molecule has 0 aliphatic carbocycles. The lowest BCUT2D eigenvalue weighted by atomic mass is 9.87. The second-order valence-electron chi connectivity index (χ2n) is 30.8. The fourth-order valence-electron chi connectivity index (χ4n) is 15.1. The molecule has 27 nitrogen and oxygen atoms in total. The van der Waals surface area contributed by atoms with Crippen LogP contribution in [0.2, 0.25) is 0 Å². The van der Waals surface area contributed by atoms with Gasteiger partial charge in [-0.15, -0.1) is 0 Å². The van der Waals surface area contributed by atoms with E-state index in [2.05, 4.69) is 72.8 Å². The first-order valence-electron chi connectivity index (χ1n) is 34.0. The summed E-state index contributed by atoms with van der Waals surface area (Å²) >= 11 is 9.86. The topological polar surface area (TPSA) is 461 Å². The van der Waals surface area contributed by atoms with Gasteiger partial charge in [0.15, 0.2) is 49.2 Å². The third-order valence-electron chi connectivity index (χ3n) is 22.8. The molecule has 5 fully saturated rings. The molecule has 40 heteroatoms. The largest absolute Gasteiger partial charge is 0.399 e. The molecular weight excluding hydrogens is 1740 g/mol. The summed E-state index contributed by atoms with van der Waals surface area (Å²) in [6, 6.07) is 21.2. The molecular formula is C70H84Br3F5N12O15S5. The highest BCUT2D eigenvalue weighted by molar-refractivity contribution is 9.11. The summed E-state index contributed by atoms with van der Waals surface area (Å²) in [5, 5.41) is -4.83. The monoisotopic (exact) mass is 1820 g/mol. The van der Waals surface area contributed by atoms with Crippen molar-refractivity contribution in [2.24, 2.45) is 53.6 Å². The van der Waals surface area contributed by atoms with E-state index in [1.807, 2.05) is 0 Å². The Labute approximate surface area is 659 Å². The van der Waals surface area contributed by atoms with Gasteiger partial charge in [-0.25, -0.2) is 64.0 Å². The Kier molecular flexibility index (Phi) is 21.8. The second kappa shape index (κ2) is 28.3. The van der Waals surface area contributed by atoms with E-state index in [1.54, 1.807) is 36.4 Å². The number of benzene rings is 5. The van der Waals surface area contributed by atoms with Crippen LogP contribution in [0.3, 0.4) is 0 Å². The molecule has 10 heterocycles. The molecule has 14 N–H and O–H groups in total. The van der Waals surface area contributed by atoms with Crippen molar-refractivity contribution in [3.05, 3.63) is 161 Å². The summed E-state index contributed by atoms with van der Waals surface area (Å²) in [5.41, 5.74) is 35.8. The van der Waals surface area contributed by atoms with Crippen molar-refractivity contribution in [1.29, 1.82) is 0 Å². The Morgan fingerprint density at radius 2 is 0.464 bits per heavy atom. The van der Waals surface area contributed by atoms with E-state index >= 15 is 0 Å². The number of hydrogen-bond donors (Lipinski definition) is 7. The highest BCUT2D eigenvalue weighted by Gasteiger charge is 2.67. The van der Waals surface area contributed by atoms with Crippen molar-refractivity contribution in [3.63, 3.8) is 0 Å². The van der Waals surface area contributed by atoms with Crippen LogP contribution < -0.4 is 40.1 Å². The minimum atomic E-state index is -3.71. The molecule has 0 bridgehead atoms. The second-order valence-corrected chi connectivity index (χ2v) is 46.9.